The van der Waals surface area contributed by atoms with Gasteiger partial charge >= 0.3 is 5.97 Å². The molecule has 0 saturated heterocycles. The van der Waals surface area contributed by atoms with Crippen LogP contribution >= 0.6 is 0 Å². The van der Waals surface area contributed by atoms with Gasteiger partial charge in [0.2, 0.25) is 0 Å². The summed E-state index contributed by atoms with van der Waals surface area (Å²) in [6.07, 6.45) is 9.56. The van der Waals surface area contributed by atoms with Gasteiger partial charge in [-0.25, -0.2) is 0 Å². The lowest BCUT2D eigenvalue weighted by Crippen LogP contribution is -2.42. The van der Waals surface area contributed by atoms with E-state index in [1.54, 1.807) is 0 Å². The first-order chi connectivity index (χ1) is 9.13. The molecule has 3 rings (SSSR count). The predicted octanol–water partition coefficient (Wildman–Crippen LogP) is 3.06. The van der Waals surface area contributed by atoms with Crippen molar-refractivity contribution < 1.29 is 15.0 Å². The summed E-state index contributed by atoms with van der Waals surface area (Å²) in [4.78, 5) is 10.9. The zero-order chi connectivity index (χ0) is 13.4. The van der Waals surface area contributed by atoms with Crippen LogP contribution in [0, 0.1) is 29.6 Å². The monoisotopic (exact) mass is 266 g/mol. The van der Waals surface area contributed by atoms with E-state index >= 15 is 0 Å². The van der Waals surface area contributed by atoms with E-state index in [-0.39, 0.29) is 6.10 Å². The van der Waals surface area contributed by atoms with Gasteiger partial charge in [0.15, 0.2) is 0 Å². The molecule has 3 heteroatoms. The lowest BCUT2D eigenvalue weighted by Gasteiger charge is -2.50. The molecule has 3 aliphatic carbocycles. The van der Waals surface area contributed by atoms with Crippen molar-refractivity contribution in [3.63, 3.8) is 0 Å². The number of hydrogen-bond donors (Lipinski definition) is 2. The summed E-state index contributed by atoms with van der Waals surface area (Å²) in [6.45, 7) is 0. The molecule has 0 aromatic carbocycles. The standard InChI is InChI=1S/C16H26O3/c17-13-4-6-15-12(9-13)3-2-11-7-10(8-16(18)19)1-5-14(11)15/h10-15,17H,1-9H2,(H,18,19)/t10-,11-,12-,13-,14-,15-/m1/s1. The molecule has 108 valence electrons. The minimum atomic E-state index is -0.627. The quantitative estimate of drug-likeness (QED) is 0.807. The fourth-order valence-corrected chi connectivity index (χ4v) is 5.30. The van der Waals surface area contributed by atoms with Crippen molar-refractivity contribution in [3.05, 3.63) is 0 Å². The first-order valence-electron chi connectivity index (χ1n) is 8.03. The second-order valence-electron chi connectivity index (χ2n) is 7.17. The minimum absolute atomic E-state index is 0.0545. The summed E-state index contributed by atoms with van der Waals surface area (Å²) < 4.78 is 0. The second-order valence-corrected chi connectivity index (χ2v) is 7.17. The van der Waals surface area contributed by atoms with E-state index in [4.69, 9.17) is 5.11 Å². The number of aliphatic hydroxyl groups is 1. The van der Waals surface area contributed by atoms with Crippen LogP contribution in [-0.4, -0.2) is 22.3 Å². The summed E-state index contributed by atoms with van der Waals surface area (Å²) in [7, 11) is 0. The van der Waals surface area contributed by atoms with Crippen LogP contribution in [0.25, 0.3) is 0 Å². The molecule has 3 aliphatic rings. The molecule has 6 atom stereocenters. The highest BCUT2D eigenvalue weighted by Gasteiger charge is 2.44. The smallest absolute Gasteiger partial charge is 0.303 e. The van der Waals surface area contributed by atoms with Crippen LogP contribution in [0.15, 0.2) is 0 Å². The summed E-state index contributed by atoms with van der Waals surface area (Å²) in [5, 5.41) is 18.8. The first-order valence-corrected chi connectivity index (χ1v) is 8.03. The van der Waals surface area contributed by atoms with Crippen molar-refractivity contribution in [2.45, 2.75) is 63.9 Å². The lowest BCUT2D eigenvalue weighted by molar-refractivity contribution is -0.139. The van der Waals surface area contributed by atoms with E-state index in [1.165, 1.54) is 25.7 Å². The van der Waals surface area contributed by atoms with E-state index in [0.717, 1.165) is 49.4 Å². The molecule has 3 fully saturated rings. The average Bonchev–Trinajstić information content (AvgIpc) is 2.37. The Labute approximate surface area is 115 Å². The fourth-order valence-electron chi connectivity index (χ4n) is 5.30. The van der Waals surface area contributed by atoms with Crippen LogP contribution in [0.5, 0.6) is 0 Å². The highest BCUT2D eigenvalue weighted by Crippen LogP contribution is 2.52. The number of rotatable bonds is 2. The molecule has 0 radical (unpaired) electrons. The molecule has 0 amide bonds. The van der Waals surface area contributed by atoms with Crippen molar-refractivity contribution in [1.29, 1.82) is 0 Å². The van der Waals surface area contributed by atoms with Crippen LogP contribution in [0.3, 0.4) is 0 Å². The zero-order valence-electron chi connectivity index (χ0n) is 11.6. The number of aliphatic carboxylic acids is 1. The third-order valence-electron chi connectivity index (χ3n) is 6.08. The molecule has 19 heavy (non-hydrogen) atoms. The molecule has 2 N–H and O–H groups in total. The van der Waals surface area contributed by atoms with Crippen LogP contribution in [0.4, 0.5) is 0 Å². The van der Waals surface area contributed by atoms with Crippen molar-refractivity contribution in [1.82, 2.24) is 0 Å². The van der Waals surface area contributed by atoms with Gasteiger partial charge in [0, 0.05) is 6.42 Å². The van der Waals surface area contributed by atoms with Crippen molar-refractivity contribution in [2.75, 3.05) is 0 Å². The van der Waals surface area contributed by atoms with E-state index < -0.39 is 5.97 Å². The number of carbonyl (C=O) groups is 1. The summed E-state index contributed by atoms with van der Waals surface area (Å²) >= 11 is 0. The van der Waals surface area contributed by atoms with Crippen LogP contribution in [0.1, 0.15) is 57.8 Å². The number of fused-ring (bicyclic) bond motifs is 3. The molecular weight excluding hydrogens is 240 g/mol. The van der Waals surface area contributed by atoms with Gasteiger partial charge in [0.05, 0.1) is 6.10 Å². The molecule has 3 nitrogen and oxygen atoms in total. The number of hydrogen-bond acceptors (Lipinski definition) is 2. The Morgan fingerprint density at radius 3 is 2.21 bits per heavy atom. The third-order valence-corrected chi connectivity index (χ3v) is 6.08. The molecule has 3 saturated carbocycles. The zero-order valence-corrected chi connectivity index (χ0v) is 11.6. The van der Waals surface area contributed by atoms with Gasteiger partial charge in [0.25, 0.3) is 0 Å². The first kappa shape index (κ1) is 13.4. The van der Waals surface area contributed by atoms with Gasteiger partial charge in [-0.3, -0.25) is 4.79 Å². The van der Waals surface area contributed by atoms with Crippen LogP contribution in [-0.2, 0) is 4.79 Å². The van der Waals surface area contributed by atoms with E-state index in [2.05, 4.69) is 0 Å². The van der Waals surface area contributed by atoms with Crippen LogP contribution in [0.2, 0.25) is 0 Å². The summed E-state index contributed by atoms with van der Waals surface area (Å²) in [5.41, 5.74) is 0. The molecular formula is C16H26O3. The Hall–Kier alpha value is -0.570. The van der Waals surface area contributed by atoms with Crippen molar-refractivity contribution in [3.8, 4) is 0 Å². The Bertz CT molecular complexity index is 341. The average molecular weight is 266 g/mol. The van der Waals surface area contributed by atoms with Gasteiger partial charge in [0.1, 0.15) is 0 Å². The van der Waals surface area contributed by atoms with Gasteiger partial charge < -0.3 is 10.2 Å². The maximum absolute atomic E-state index is 10.9. The van der Waals surface area contributed by atoms with Crippen molar-refractivity contribution in [2.24, 2.45) is 29.6 Å². The topological polar surface area (TPSA) is 57.5 Å². The Balaban J connectivity index is 1.62. The molecule has 0 aromatic rings. The van der Waals surface area contributed by atoms with E-state index in [0.29, 0.717) is 12.3 Å². The largest absolute Gasteiger partial charge is 0.481 e. The number of aliphatic hydroxyl groups excluding tert-OH is 1. The molecule has 0 aliphatic heterocycles. The highest BCUT2D eigenvalue weighted by atomic mass is 16.4. The number of carboxylic acid groups (broad SMARTS) is 1. The summed E-state index contributed by atoms with van der Waals surface area (Å²) in [5.74, 6) is 2.97. The maximum Gasteiger partial charge on any atom is 0.303 e. The second kappa shape index (κ2) is 5.43. The van der Waals surface area contributed by atoms with Gasteiger partial charge in [-0.15, -0.1) is 0 Å². The fraction of sp³-hybridized carbons (Fsp3) is 0.938. The molecule has 0 spiro atoms. The maximum atomic E-state index is 10.9. The molecule has 0 aromatic heterocycles. The third kappa shape index (κ3) is 2.81. The SMILES string of the molecule is O=C(O)C[C@@H]1CC[C@@H]2[C@H](CC[C@@H]3C[C@H](O)CC[C@H]32)C1. The molecule has 0 bridgehead atoms. The Morgan fingerprint density at radius 2 is 1.53 bits per heavy atom. The molecule has 0 heterocycles. The number of carboxylic acids is 1. The van der Waals surface area contributed by atoms with Crippen molar-refractivity contribution >= 4 is 5.97 Å². The normalized spacial score (nSPS) is 46.2. The Morgan fingerprint density at radius 1 is 0.895 bits per heavy atom. The lowest BCUT2D eigenvalue weighted by atomic mass is 9.56. The Kier molecular flexibility index (Phi) is 3.84. The predicted molar refractivity (Wildman–Crippen MR) is 72.6 cm³/mol. The van der Waals surface area contributed by atoms with Gasteiger partial charge in [-0.2, -0.15) is 0 Å². The van der Waals surface area contributed by atoms with Crippen LogP contribution < -0.4 is 0 Å². The van der Waals surface area contributed by atoms with Gasteiger partial charge in [-0.1, -0.05) is 0 Å². The molecule has 0 unspecified atom stereocenters. The summed E-state index contributed by atoms with van der Waals surface area (Å²) in [6, 6.07) is 0. The van der Waals surface area contributed by atoms with E-state index in [9.17, 15) is 9.90 Å². The minimum Gasteiger partial charge on any atom is -0.481 e. The van der Waals surface area contributed by atoms with E-state index in [1.807, 2.05) is 0 Å². The highest BCUT2D eigenvalue weighted by molar-refractivity contribution is 5.67. The van der Waals surface area contributed by atoms with Gasteiger partial charge in [-0.05, 0) is 81.0 Å².